The van der Waals surface area contributed by atoms with Crippen molar-refractivity contribution >= 4 is 43.8 Å². The van der Waals surface area contributed by atoms with Gasteiger partial charge in [0.2, 0.25) is 0 Å². The van der Waals surface area contributed by atoms with Crippen molar-refractivity contribution in [3.63, 3.8) is 0 Å². The van der Waals surface area contributed by atoms with Crippen LogP contribution < -0.4 is 0 Å². The van der Waals surface area contributed by atoms with Gasteiger partial charge >= 0.3 is 333 Å². The van der Waals surface area contributed by atoms with E-state index in [0.717, 1.165) is 11.8 Å². The Bertz CT molecular complexity index is 2060. The monoisotopic (exact) mass is 880 g/mol. The molecule has 0 heterocycles. The largest absolute Gasteiger partial charge is 0.147 e. The van der Waals surface area contributed by atoms with Crippen molar-refractivity contribution in [2.75, 3.05) is 0 Å². The summed E-state index contributed by atoms with van der Waals surface area (Å²) in [6.07, 6.45) is 22.3. The van der Waals surface area contributed by atoms with Crippen molar-refractivity contribution in [1.29, 1.82) is 0 Å². The summed E-state index contributed by atoms with van der Waals surface area (Å²) in [5.74, 6) is 1.65. The van der Waals surface area contributed by atoms with Crippen molar-refractivity contribution < 1.29 is 17.4 Å². The van der Waals surface area contributed by atoms with Crippen LogP contribution in [0.2, 0.25) is 9.26 Å². The van der Waals surface area contributed by atoms with Gasteiger partial charge in [0.05, 0.1) is 0 Å². The van der Waals surface area contributed by atoms with Gasteiger partial charge in [0.15, 0.2) is 0 Å². The first-order valence-electron chi connectivity index (χ1n) is 21.7. The van der Waals surface area contributed by atoms with Crippen LogP contribution in [-0.2, 0) is 17.4 Å². The standard InChI is InChI=1S/2C25H29.2CH3.2ClH.H2Si.Zr/c2*1-17-11-18(2)13-22(12-17)23-10-9-19(3)24-15-21(16-25(23)24)14-20-7-5-4-6-8-20;;;;;;/h2*9-13,15-16,20H,4-8,14H2,1-3H3;2*1H3;2*1H;1H2;. The SMILES string of the molecule is Cc1cc(C)cc(-c2ccc(C)c3c2C=C(CC2CCCCC2)[CH]3[Zr]([CH3])([CH3])(=[SiH2])[CH]2C(CC3CCCCC3)=Cc3c(-c4cc(C)cc(C)c4)ccc(C)c32)c1.Cl.Cl. The number of hydrogen-bond donors (Lipinski definition) is 0. The zero-order valence-corrected chi connectivity index (χ0v) is 41.3. The minimum absolute atomic E-state index is 0. The average Bonchev–Trinajstić information content (AvgIpc) is 3.70. The van der Waals surface area contributed by atoms with Gasteiger partial charge in [0.1, 0.15) is 0 Å². The summed E-state index contributed by atoms with van der Waals surface area (Å²) in [7, 11) is 0. The molecule has 0 saturated heterocycles. The van der Waals surface area contributed by atoms with Crippen LogP contribution in [0.25, 0.3) is 34.4 Å². The van der Waals surface area contributed by atoms with E-state index < -0.39 is 17.4 Å². The molecule has 4 aliphatic rings. The topological polar surface area (TPSA) is 0 Å². The number of benzene rings is 4. The molecule has 298 valence electrons. The maximum Gasteiger partial charge on any atom is -0.147 e. The molecule has 4 aromatic carbocycles. The molecule has 0 aliphatic heterocycles. The van der Waals surface area contributed by atoms with Crippen molar-refractivity contribution in [3.8, 4) is 22.3 Å². The van der Waals surface area contributed by atoms with Crippen LogP contribution in [0.3, 0.4) is 0 Å². The fourth-order valence-corrected chi connectivity index (χ4v) is 32.2. The first-order valence-corrected chi connectivity index (χ1v) is 35.4. The maximum atomic E-state index is 2.93. The molecule has 4 aromatic rings. The summed E-state index contributed by atoms with van der Waals surface area (Å²) >= 11 is -3.91. The van der Waals surface area contributed by atoms with Gasteiger partial charge in [0, 0.05) is 0 Å². The Kier molecular flexibility index (Phi) is 13.2. The third kappa shape index (κ3) is 8.27. The molecular formula is C52H68Cl2SiZr. The minimum Gasteiger partial charge on any atom is -0.147 e. The van der Waals surface area contributed by atoms with Crippen LogP contribution in [0.15, 0.2) is 71.8 Å². The van der Waals surface area contributed by atoms with Crippen molar-refractivity contribution in [1.82, 2.24) is 0 Å². The third-order valence-corrected chi connectivity index (χ3v) is 31.8. The Labute approximate surface area is 355 Å². The van der Waals surface area contributed by atoms with Gasteiger partial charge < -0.3 is 0 Å². The van der Waals surface area contributed by atoms with Crippen molar-refractivity contribution in [3.05, 3.63) is 127 Å². The molecule has 2 saturated carbocycles. The molecule has 0 spiro atoms. The summed E-state index contributed by atoms with van der Waals surface area (Å²) in [4.78, 5) is 0. The normalized spacial score (nSPS) is 20.1. The predicted octanol–water partition coefficient (Wildman–Crippen LogP) is 15.6. The van der Waals surface area contributed by atoms with Gasteiger partial charge in [-0.2, -0.15) is 0 Å². The molecule has 4 aliphatic carbocycles. The zero-order chi connectivity index (χ0) is 38.0. The van der Waals surface area contributed by atoms with Crippen molar-refractivity contribution in [2.24, 2.45) is 11.8 Å². The van der Waals surface area contributed by atoms with Gasteiger partial charge in [0.25, 0.3) is 0 Å². The zero-order valence-electron chi connectivity index (χ0n) is 35.7. The molecule has 2 unspecified atom stereocenters. The number of halogens is 2. The first kappa shape index (κ1) is 43.6. The second-order valence-corrected chi connectivity index (χ2v) is 50.4. The Balaban J connectivity index is 0.00000266. The summed E-state index contributed by atoms with van der Waals surface area (Å²) in [6.45, 7) is 16.6. The Hall–Kier alpha value is -1.96. The molecule has 0 radical (unpaired) electrons. The van der Waals surface area contributed by atoms with E-state index in [9.17, 15) is 0 Å². The molecule has 8 rings (SSSR count). The van der Waals surface area contributed by atoms with Crippen LogP contribution in [0.5, 0.6) is 0 Å². The Morgan fingerprint density at radius 1 is 0.500 bits per heavy atom. The Morgan fingerprint density at radius 3 is 1.18 bits per heavy atom. The number of rotatable bonds is 8. The minimum atomic E-state index is -3.91. The van der Waals surface area contributed by atoms with E-state index in [1.807, 2.05) is 0 Å². The second kappa shape index (κ2) is 17.0. The number of allylic oxidation sites excluding steroid dienone is 2. The molecule has 0 N–H and O–H groups in total. The van der Waals surface area contributed by atoms with Gasteiger partial charge in [-0.1, -0.05) is 0 Å². The molecule has 2 atom stereocenters. The van der Waals surface area contributed by atoms with Crippen LogP contribution in [0.4, 0.5) is 0 Å². The van der Waals surface area contributed by atoms with E-state index in [0.29, 0.717) is 7.25 Å². The van der Waals surface area contributed by atoms with E-state index in [4.69, 9.17) is 0 Å². The van der Waals surface area contributed by atoms with E-state index in [2.05, 4.69) is 131 Å². The summed E-state index contributed by atoms with van der Waals surface area (Å²) in [6, 6.07) is 24.3. The van der Waals surface area contributed by atoms with Gasteiger partial charge in [-0.3, -0.25) is 0 Å². The van der Waals surface area contributed by atoms with Crippen LogP contribution >= 0.6 is 24.8 Å². The summed E-state index contributed by atoms with van der Waals surface area (Å²) < 4.78 is 6.97. The van der Waals surface area contributed by atoms with E-state index >= 15 is 0 Å². The van der Waals surface area contributed by atoms with Gasteiger partial charge in [-0.25, -0.2) is 0 Å². The summed E-state index contributed by atoms with van der Waals surface area (Å²) in [5.41, 5.74) is 24.3. The molecule has 0 aromatic heterocycles. The molecule has 56 heavy (non-hydrogen) atoms. The van der Waals surface area contributed by atoms with Crippen LogP contribution in [-0.4, -0.2) is 6.88 Å². The van der Waals surface area contributed by atoms with Crippen molar-refractivity contribution in [2.45, 2.75) is 135 Å². The van der Waals surface area contributed by atoms with E-state index in [1.165, 1.54) is 133 Å². The number of aryl methyl sites for hydroxylation is 6. The van der Waals surface area contributed by atoms with E-state index in [-0.39, 0.29) is 24.8 Å². The second-order valence-electron chi connectivity index (χ2n) is 19.9. The fourth-order valence-electron chi connectivity index (χ4n) is 12.4. The number of fused-ring (bicyclic) bond motifs is 2. The molecule has 0 nitrogen and oxygen atoms in total. The molecule has 0 bridgehead atoms. The Morgan fingerprint density at radius 2 is 0.839 bits per heavy atom. The predicted molar refractivity (Wildman–Crippen MR) is 251 cm³/mol. The van der Waals surface area contributed by atoms with E-state index in [1.54, 1.807) is 33.4 Å². The van der Waals surface area contributed by atoms with Gasteiger partial charge in [-0.15, -0.1) is 24.8 Å². The molecule has 4 heteroatoms. The van der Waals surface area contributed by atoms with Crippen LogP contribution in [0.1, 0.15) is 140 Å². The van der Waals surface area contributed by atoms with Gasteiger partial charge in [-0.05, 0) is 0 Å². The smallest absolute Gasteiger partial charge is 0.147 e. The average molecular weight is 883 g/mol. The third-order valence-electron chi connectivity index (χ3n) is 14.4. The quantitative estimate of drug-likeness (QED) is 0.155. The molecule has 2 fully saturated rings. The first-order chi connectivity index (χ1) is 25.8. The molecule has 0 amide bonds. The number of hydrogen-bond acceptors (Lipinski definition) is 0. The molecular weight excluding hydrogens is 815 g/mol. The fraction of sp³-hybridized carbons (Fsp3) is 0.462. The van der Waals surface area contributed by atoms with Crippen LogP contribution in [0, 0.1) is 53.4 Å². The maximum absolute atomic E-state index is 3.91. The summed E-state index contributed by atoms with van der Waals surface area (Å²) in [5, 5.41) is 0.